The molecule has 84 heavy (non-hydrogen) atoms. The fraction of sp³-hybridized carbons (Fsp3) is 0.571. The van der Waals surface area contributed by atoms with Crippen molar-refractivity contribution in [3.8, 4) is 0 Å². The van der Waals surface area contributed by atoms with E-state index < -0.39 is 0 Å². The summed E-state index contributed by atoms with van der Waals surface area (Å²) in [6, 6.07) is 40.6. The second kappa shape index (κ2) is 35.1. The van der Waals surface area contributed by atoms with Crippen LogP contribution in [0.2, 0.25) is 0 Å². The number of ether oxygens (including phenoxy) is 10. The molecule has 6 fully saturated rings. The van der Waals surface area contributed by atoms with Crippen molar-refractivity contribution in [2.75, 3.05) is 194 Å². The highest BCUT2D eigenvalue weighted by Gasteiger charge is 2.49. The second-order valence-electron chi connectivity index (χ2n) is 23.5. The third kappa shape index (κ3) is 19.9. The Labute approximate surface area is 501 Å². The van der Waals surface area contributed by atoms with E-state index in [9.17, 15) is 0 Å². The van der Waals surface area contributed by atoms with Crippen LogP contribution in [0.4, 0.5) is 11.4 Å². The fourth-order valence-electron chi connectivity index (χ4n) is 13.5. The van der Waals surface area contributed by atoms with Gasteiger partial charge in [-0.05, 0) is 107 Å². The van der Waals surface area contributed by atoms with Crippen LogP contribution < -0.4 is 9.80 Å². The van der Waals surface area contributed by atoms with Crippen LogP contribution in [0, 0.1) is 47.3 Å². The van der Waals surface area contributed by atoms with Crippen LogP contribution in [0.15, 0.2) is 133 Å². The minimum absolute atomic E-state index is 0.520. The Morgan fingerprint density at radius 2 is 0.560 bits per heavy atom. The van der Waals surface area contributed by atoms with Crippen LogP contribution in [0.25, 0.3) is 12.2 Å². The highest BCUT2D eigenvalue weighted by atomic mass is 16.6. The largest absolute Gasteiger partial charge is 0.378 e. The lowest BCUT2D eigenvalue weighted by Gasteiger charge is -2.25. The Morgan fingerprint density at radius 1 is 0.298 bits per heavy atom. The summed E-state index contributed by atoms with van der Waals surface area (Å²) in [5, 5.41) is 0. The minimum atomic E-state index is 0.520. The molecule has 4 aromatic rings. The zero-order chi connectivity index (χ0) is 57.1. The van der Waals surface area contributed by atoms with Gasteiger partial charge < -0.3 is 57.2 Å². The predicted molar refractivity (Wildman–Crippen MR) is 333 cm³/mol. The maximum atomic E-state index is 5.99. The molecule has 4 aromatic carbocycles. The van der Waals surface area contributed by atoms with Gasteiger partial charge in [-0.25, -0.2) is 0 Å². The molecule has 0 radical (unpaired) electrons. The smallest absolute Gasteiger partial charge is 0.0701 e. The highest BCUT2D eigenvalue weighted by Crippen LogP contribution is 2.51. The molecule has 2 aliphatic carbocycles. The number of hydrogen-bond donors (Lipinski definition) is 0. The molecule has 14 heteroatoms. The van der Waals surface area contributed by atoms with Gasteiger partial charge in [0.15, 0.2) is 0 Å². The summed E-state index contributed by atoms with van der Waals surface area (Å²) in [6.45, 7) is 21.0. The van der Waals surface area contributed by atoms with E-state index >= 15 is 0 Å². The van der Waals surface area contributed by atoms with Gasteiger partial charge in [0, 0.05) is 76.8 Å². The van der Waals surface area contributed by atoms with E-state index in [1.807, 2.05) is 0 Å². The number of hydrogen-bond acceptors (Lipinski definition) is 14. The first-order chi connectivity index (χ1) is 41.7. The van der Waals surface area contributed by atoms with Crippen molar-refractivity contribution < 1.29 is 47.4 Å². The molecule has 6 aliphatic rings. The monoisotopic (exact) mass is 1150 g/mol. The number of rotatable bonds is 12. The molecule has 4 heterocycles. The summed E-state index contributed by atoms with van der Waals surface area (Å²) >= 11 is 0. The lowest BCUT2D eigenvalue weighted by Crippen LogP contribution is -2.31. The topological polar surface area (TPSA) is 105 Å². The van der Waals surface area contributed by atoms with Crippen LogP contribution in [-0.2, 0) is 60.5 Å². The molecule has 8 atom stereocenters. The SMILES string of the molecule is C(=C\[C@@H]1C[C@H](/C=C/[C@@H]2C[C@H](/C=C/c3ccccc3)[C@@H]3CN(c4ccc(CN5CCOCCOCCOCCOCCOCC5)cc4)C[C@@H]32)[C@@H]2CN(c3ccc(CN4CCOCCOCCOCCOCCOCC4)cc3)C[C@@H]21)/c1ccccc1. The molecular weight excluding hydrogens is 1060 g/mol. The van der Waals surface area contributed by atoms with Gasteiger partial charge in [0.25, 0.3) is 0 Å². The number of fused-ring (bicyclic) bond motifs is 2. The third-order valence-electron chi connectivity index (χ3n) is 18.0. The summed E-state index contributed by atoms with van der Waals surface area (Å²) in [4.78, 5) is 10.2. The molecule has 0 N–H and O–H groups in total. The molecule has 0 spiro atoms. The zero-order valence-corrected chi connectivity index (χ0v) is 50.0. The van der Waals surface area contributed by atoms with E-state index in [-0.39, 0.29) is 0 Å². The minimum Gasteiger partial charge on any atom is -0.378 e. The van der Waals surface area contributed by atoms with Crippen LogP contribution in [0.3, 0.4) is 0 Å². The van der Waals surface area contributed by atoms with Gasteiger partial charge in [-0.2, -0.15) is 0 Å². The van der Waals surface area contributed by atoms with Crippen LogP contribution >= 0.6 is 0 Å². The molecule has 0 unspecified atom stereocenters. The molecule has 4 saturated heterocycles. The maximum Gasteiger partial charge on any atom is 0.0701 e. The van der Waals surface area contributed by atoms with E-state index in [0.29, 0.717) is 179 Å². The predicted octanol–water partition coefficient (Wildman–Crippen LogP) is 9.54. The molecule has 14 nitrogen and oxygen atoms in total. The fourth-order valence-corrected chi connectivity index (χ4v) is 13.5. The Hall–Kier alpha value is -4.78. The van der Waals surface area contributed by atoms with Gasteiger partial charge in [-0.3, -0.25) is 9.80 Å². The summed E-state index contributed by atoms with van der Waals surface area (Å²) in [7, 11) is 0. The van der Waals surface area contributed by atoms with Crippen molar-refractivity contribution in [2.45, 2.75) is 25.9 Å². The van der Waals surface area contributed by atoms with E-state index in [0.717, 1.165) is 65.4 Å². The molecule has 4 aliphatic heterocycles. The first-order valence-corrected chi connectivity index (χ1v) is 31.7. The van der Waals surface area contributed by atoms with Gasteiger partial charge in [0.05, 0.1) is 132 Å². The van der Waals surface area contributed by atoms with E-state index in [1.165, 1.54) is 46.5 Å². The average molecular weight is 1150 g/mol. The van der Waals surface area contributed by atoms with Gasteiger partial charge in [0.1, 0.15) is 0 Å². The van der Waals surface area contributed by atoms with Crippen molar-refractivity contribution in [1.29, 1.82) is 0 Å². The lowest BCUT2D eigenvalue weighted by atomic mass is 9.87. The van der Waals surface area contributed by atoms with E-state index in [4.69, 9.17) is 47.4 Å². The van der Waals surface area contributed by atoms with Gasteiger partial charge in [0.2, 0.25) is 0 Å². The van der Waals surface area contributed by atoms with Crippen molar-refractivity contribution >= 4 is 23.5 Å². The maximum absolute atomic E-state index is 5.99. The van der Waals surface area contributed by atoms with Crippen molar-refractivity contribution in [1.82, 2.24) is 9.80 Å². The lowest BCUT2D eigenvalue weighted by molar-refractivity contribution is -0.0189. The van der Waals surface area contributed by atoms with Crippen molar-refractivity contribution in [3.63, 3.8) is 0 Å². The number of benzene rings is 4. The van der Waals surface area contributed by atoms with Gasteiger partial charge >= 0.3 is 0 Å². The molecule has 456 valence electrons. The van der Waals surface area contributed by atoms with E-state index in [2.05, 4.69) is 165 Å². The van der Waals surface area contributed by atoms with Gasteiger partial charge in [-0.1, -0.05) is 121 Å². The Balaban J connectivity index is 0.792. The molecule has 2 saturated carbocycles. The van der Waals surface area contributed by atoms with Gasteiger partial charge in [-0.15, -0.1) is 0 Å². The number of anilines is 2. The molecular formula is C70H96N4O10. The summed E-state index contributed by atoms with van der Waals surface area (Å²) in [5.41, 5.74) is 7.82. The quantitative estimate of drug-likeness (QED) is 0.126. The average Bonchev–Trinajstić information content (AvgIpc) is 2.89. The number of nitrogens with zero attached hydrogens (tertiary/aromatic N) is 4. The zero-order valence-electron chi connectivity index (χ0n) is 50.0. The van der Waals surface area contributed by atoms with Crippen LogP contribution in [0.1, 0.15) is 35.1 Å². The molecule has 10 rings (SSSR count). The second-order valence-corrected chi connectivity index (χ2v) is 23.5. The molecule has 0 aromatic heterocycles. The van der Waals surface area contributed by atoms with Crippen LogP contribution in [0.5, 0.6) is 0 Å². The first kappa shape index (κ1) is 62.3. The normalized spacial score (nSPS) is 28.3. The Morgan fingerprint density at radius 3 is 0.845 bits per heavy atom. The first-order valence-electron chi connectivity index (χ1n) is 31.7. The summed E-state index contributed by atoms with van der Waals surface area (Å²) in [6.07, 6.45) is 17.7. The summed E-state index contributed by atoms with van der Waals surface area (Å²) < 4.78 is 57.9. The Kier molecular flexibility index (Phi) is 26.0. The van der Waals surface area contributed by atoms with Crippen LogP contribution in [-0.4, -0.2) is 194 Å². The standard InChI is InChI=1S/C70H96N4O10/c1-3-7-57(8-4-1)11-17-61-49-63(69-55-73(53-67(61)69)65-21-13-59(14-22-65)51-71-25-29-75-33-37-79-41-45-83-46-42-80-38-34-76-30-26-71)19-20-64-50-62(18-12-58-9-5-2-6-10-58)68-54-74(56-70(64)68)66-23-15-60(16-24-66)52-72-27-31-77-35-39-81-43-47-84-48-44-82-40-36-78-32-28-72/h1-24,61-64,67-70H,25-56H2/b17-11+,18-12+,20-19+/t61-,62+,63+,64-,67-,68+,69+,70-. The Bertz CT molecular complexity index is 2310. The third-order valence-corrected chi connectivity index (χ3v) is 18.0. The number of allylic oxidation sites excluding steroid dienone is 4. The van der Waals surface area contributed by atoms with Crippen molar-refractivity contribution in [2.24, 2.45) is 47.3 Å². The molecule has 0 amide bonds. The summed E-state index contributed by atoms with van der Waals surface area (Å²) in [5.74, 6) is 4.48. The molecule has 0 bridgehead atoms. The van der Waals surface area contributed by atoms with Crippen molar-refractivity contribution in [3.05, 3.63) is 156 Å². The van der Waals surface area contributed by atoms with E-state index in [1.54, 1.807) is 0 Å². The highest BCUT2D eigenvalue weighted by molar-refractivity contribution is 5.53.